The molecule has 0 amide bonds. The minimum Gasteiger partial charge on any atom is -0.486 e. The Bertz CT molecular complexity index is 898. The molecule has 1 N–H and O–H groups in total. The van der Waals surface area contributed by atoms with Crippen molar-refractivity contribution in [1.29, 1.82) is 0 Å². The predicted octanol–water partition coefficient (Wildman–Crippen LogP) is 3.16. The summed E-state index contributed by atoms with van der Waals surface area (Å²) in [4.78, 5) is 7.67. The number of nitrogens with zero attached hydrogens (tertiary/aromatic N) is 2. The zero-order chi connectivity index (χ0) is 14.4. The summed E-state index contributed by atoms with van der Waals surface area (Å²) in [6.45, 7) is 3.15. The zero-order valence-electron chi connectivity index (χ0n) is 11.4. The Kier molecular flexibility index (Phi) is 2.71. The van der Waals surface area contributed by atoms with Gasteiger partial charge in [-0.25, -0.2) is 4.98 Å². The van der Waals surface area contributed by atoms with Crippen molar-refractivity contribution < 1.29 is 9.47 Å². The van der Waals surface area contributed by atoms with E-state index in [1.165, 1.54) is 0 Å². The number of imidazole rings is 1. The third-order valence-corrected chi connectivity index (χ3v) is 3.73. The predicted molar refractivity (Wildman–Crippen MR) is 82.0 cm³/mol. The molecular formula is C15H13N3O2S. The monoisotopic (exact) mass is 299 g/mol. The van der Waals surface area contributed by atoms with Crippen molar-refractivity contribution in [2.24, 2.45) is 0 Å². The summed E-state index contributed by atoms with van der Waals surface area (Å²) < 4.78 is 13.7. The van der Waals surface area contributed by atoms with Gasteiger partial charge in [0.1, 0.15) is 13.2 Å². The van der Waals surface area contributed by atoms with Crippen molar-refractivity contribution in [3.8, 4) is 17.2 Å². The normalized spacial score (nSPS) is 13.6. The molecular weight excluding hydrogens is 286 g/mol. The fourth-order valence-electron chi connectivity index (χ4n) is 2.51. The lowest BCUT2D eigenvalue weighted by atomic mass is 10.2. The second-order valence-corrected chi connectivity index (χ2v) is 5.36. The standard InChI is InChI=1S/C15H13N3O2S/c1-9-6-11-14(16-8-9)18(15(21)17-11)10-2-3-12-13(7-10)20-5-4-19-12/h2-3,6-8H,4-5H2,1H3,(H,17,21). The largest absolute Gasteiger partial charge is 0.486 e. The maximum Gasteiger partial charge on any atom is 0.184 e. The summed E-state index contributed by atoms with van der Waals surface area (Å²) in [6, 6.07) is 7.82. The van der Waals surface area contributed by atoms with Crippen LogP contribution in [0, 0.1) is 11.7 Å². The van der Waals surface area contributed by atoms with Crippen LogP contribution in [0.2, 0.25) is 0 Å². The van der Waals surface area contributed by atoms with Crippen molar-refractivity contribution in [1.82, 2.24) is 14.5 Å². The second-order valence-electron chi connectivity index (χ2n) is 4.98. The number of aromatic nitrogens is 3. The zero-order valence-corrected chi connectivity index (χ0v) is 12.2. The third-order valence-electron chi connectivity index (χ3n) is 3.44. The van der Waals surface area contributed by atoms with E-state index in [0.717, 1.165) is 33.9 Å². The lowest BCUT2D eigenvalue weighted by molar-refractivity contribution is 0.171. The number of fused-ring (bicyclic) bond motifs is 2. The minimum atomic E-state index is 0.563. The van der Waals surface area contributed by atoms with Crippen molar-refractivity contribution in [2.75, 3.05) is 13.2 Å². The van der Waals surface area contributed by atoms with Crippen LogP contribution in [0.25, 0.3) is 16.9 Å². The molecule has 1 aliphatic heterocycles. The summed E-state index contributed by atoms with van der Waals surface area (Å²) in [6.07, 6.45) is 1.83. The molecule has 2 aromatic heterocycles. The van der Waals surface area contributed by atoms with Crippen LogP contribution in [-0.4, -0.2) is 27.7 Å². The van der Waals surface area contributed by atoms with Crippen LogP contribution >= 0.6 is 12.2 Å². The molecule has 0 fully saturated rings. The van der Waals surface area contributed by atoms with E-state index in [1.54, 1.807) is 0 Å². The number of H-pyrrole nitrogens is 1. The summed E-state index contributed by atoms with van der Waals surface area (Å²) in [7, 11) is 0. The van der Waals surface area contributed by atoms with Crippen LogP contribution in [0.5, 0.6) is 11.5 Å². The van der Waals surface area contributed by atoms with Gasteiger partial charge in [-0.3, -0.25) is 4.57 Å². The van der Waals surface area contributed by atoms with Gasteiger partial charge in [0.15, 0.2) is 21.9 Å². The molecule has 0 bridgehead atoms. The molecule has 0 atom stereocenters. The average Bonchev–Trinajstić information content (AvgIpc) is 2.81. The topological polar surface area (TPSA) is 52.1 Å². The molecule has 0 saturated carbocycles. The van der Waals surface area contributed by atoms with E-state index in [2.05, 4.69) is 9.97 Å². The van der Waals surface area contributed by atoms with Gasteiger partial charge in [0.05, 0.1) is 11.2 Å². The molecule has 106 valence electrons. The van der Waals surface area contributed by atoms with Gasteiger partial charge < -0.3 is 14.5 Å². The van der Waals surface area contributed by atoms with Crippen LogP contribution in [0.3, 0.4) is 0 Å². The minimum absolute atomic E-state index is 0.563. The smallest absolute Gasteiger partial charge is 0.184 e. The van der Waals surface area contributed by atoms with Gasteiger partial charge in [0, 0.05) is 12.3 Å². The van der Waals surface area contributed by atoms with Crippen LogP contribution in [0.1, 0.15) is 5.56 Å². The Labute approximate surface area is 126 Å². The fraction of sp³-hybridized carbons (Fsp3) is 0.200. The van der Waals surface area contributed by atoms with Crippen LogP contribution in [-0.2, 0) is 0 Å². The lowest BCUT2D eigenvalue weighted by Gasteiger charge is -2.19. The van der Waals surface area contributed by atoms with Crippen molar-refractivity contribution in [3.63, 3.8) is 0 Å². The number of ether oxygens (including phenoxy) is 2. The number of rotatable bonds is 1. The van der Waals surface area contributed by atoms with E-state index in [4.69, 9.17) is 21.7 Å². The molecule has 3 aromatic rings. The first-order valence-electron chi connectivity index (χ1n) is 6.70. The van der Waals surface area contributed by atoms with E-state index >= 15 is 0 Å². The number of nitrogens with one attached hydrogen (secondary N) is 1. The first kappa shape index (κ1) is 12.4. The number of hydrogen-bond acceptors (Lipinski definition) is 4. The van der Waals surface area contributed by atoms with Crippen molar-refractivity contribution in [2.45, 2.75) is 6.92 Å². The Balaban J connectivity index is 1.94. The lowest BCUT2D eigenvalue weighted by Crippen LogP contribution is -2.15. The van der Waals surface area contributed by atoms with Crippen LogP contribution < -0.4 is 9.47 Å². The van der Waals surface area contributed by atoms with Crippen LogP contribution in [0.4, 0.5) is 0 Å². The molecule has 1 aliphatic rings. The molecule has 1 aromatic carbocycles. The molecule has 21 heavy (non-hydrogen) atoms. The van der Waals surface area contributed by atoms with Gasteiger partial charge in [-0.1, -0.05) is 0 Å². The number of hydrogen-bond donors (Lipinski definition) is 1. The Morgan fingerprint density at radius 2 is 2.00 bits per heavy atom. The molecule has 0 saturated heterocycles. The average molecular weight is 299 g/mol. The number of aryl methyl sites for hydroxylation is 1. The van der Waals surface area contributed by atoms with Gasteiger partial charge in [0.25, 0.3) is 0 Å². The quantitative estimate of drug-likeness (QED) is 0.701. The second kappa shape index (κ2) is 4.60. The first-order valence-corrected chi connectivity index (χ1v) is 7.10. The van der Waals surface area contributed by atoms with E-state index < -0.39 is 0 Å². The number of pyridine rings is 1. The van der Waals surface area contributed by atoms with Gasteiger partial charge in [-0.15, -0.1) is 0 Å². The molecule has 0 spiro atoms. The fourth-order valence-corrected chi connectivity index (χ4v) is 2.81. The van der Waals surface area contributed by atoms with Gasteiger partial charge >= 0.3 is 0 Å². The van der Waals surface area contributed by atoms with Gasteiger partial charge in [-0.2, -0.15) is 0 Å². The molecule has 0 unspecified atom stereocenters. The highest BCUT2D eigenvalue weighted by molar-refractivity contribution is 7.71. The number of benzene rings is 1. The van der Waals surface area contributed by atoms with Crippen LogP contribution in [0.15, 0.2) is 30.5 Å². The molecule has 4 rings (SSSR count). The van der Waals surface area contributed by atoms with Crippen molar-refractivity contribution >= 4 is 23.4 Å². The molecule has 5 nitrogen and oxygen atoms in total. The SMILES string of the molecule is Cc1cnc2c(c1)[nH]c(=S)n2-c1ccc2c(c1)OCCO2. The van der Waals surface area contributed by atoms with Crippen molar-refractivity contribution in [3.05, 3.63) is 40.8 Å². The summed E-state index contributed by atoms with van der Waals surface area (Å²) >= 11 is 5.43. The highest BCUT2D eigenvalue weighted by Crippen LogP contribution is 2.32. The Hall–Kier alpha value is -2.34. The van der Waals surface area contributed by atoms with E-state index in [9.17, 15) is 0 Å². The maximum atomic E-state index is 5.63. The summed E-state index contributed by atoms with van der Waals surface area (Å²) in [5.74, 6) is 1.50. The Morgan fingerprint density at radius 3 is 2.86 bits per heavy atom. The first-order chi connectivity index (χ1) is 10.2. The molecule has 6 heteroatoms. The van der Waals surface area contributed by atoms with E-state index in [0.29, 0.717) is 18.0 Å². The summed E-state index contributed by atoms with van der Waals surface area (Å²) in [5, 5.41) is 0. The summed E-state index contributed by atoms with van der Waals surface area (Å²) in [5.41, 5.74) is 3.73. The molecule has 0 radical (unpaired) electrons. The highest BCUT2D eigenvalue weighted by Gasteiger charge is 2.14. The van der Waals surface area contributed by atoms with E-state index in [-0.39, 0.29) is 0 Å². The third kappa shape index (κ3) is 1.99. The van der Waals surface area contributed by atoms with Gasteiger partial charge in [-0.05, 0) is 42.9 Å². The number of aromatic amines is 1. The Morgan fingerprint density at radius 1 is 1.19 bits per heavy atom. The van der Waals surface area contributed by atoms with Gasteiger partial charge in [0.2, 0.25) is 0 Å². The maximum absolute atomic E-state index is 5.63. The molecule has 0 aliphatic carbocycles. The highest BCUT2D eigenvalue weighted by atomic mass is 32.1. The molecule has 3 heterocycles. The van der Waals surface area contributed by atoms with E-state index in [1.807, 2.05) is 42.0 Å².